The second-order valence-corrected chi connectivity index (χ2v) is 10.1. The minimum Gasteiger partial charge on any atom is -0.381 e. The first-order valence-electron chi connectivity index (χ1n) is 11.3. The van der Waals surface area contributed by atoms with Gasteiger partial charge in [0.15, 0.2) is 0 Å². The van der Waals surface area contributed by atoms with E-state index in [9.17, 15) is 0 Å². The average molecular weight is 447 g/mol. The van der Waals surface area contributed by atoms with Crippen molar-refractivity contribution >= 4 is 45.0 Å². The molecule has 1 aromatic carbocycles. The Hall–Kier alpha value is -1.21. The molecule has 5 nitrogen and oxygen atoms in total. The van der Waals surface area contributed by atoms with Gasteiger partial charge in [0.05, 0.1) is 36.2 Å². The number of hydrogen-bond donors (Lipinski definition) is 2. The first kappa shape index (κ1) is 20.7. The lowest BCUT2D eigenvalue weighted by molar-refractivity contribution is 0.0121. The van der Waals surface area contributed by atoms with E-state index in [1.807, 2.05) is 11.8 Å². The van der Waals surface area contributed by atoms with Crippen molar-refractivity contribution in [3.8, 4) is 0 Å². The quantitative estimate of drug-likeness (QED) is 0.644. The number of H-pyrrole nitrogens is 1. The summed E-state index contributed by atoms with van der Waals surface area (Å²) in [5.41, 5.74) is 3.38. The van der Waals surface area contributed by atoms with E-state index in [1.165, 1.54) is 25.7 Å². The number of benzene rings is 1. The third-order valence-electron chi connectivity index (χ3n) is 6.69. The predicted molar refractivity (Wildman–Crippen MR) is 128 cm³/mol. The number of halogens is 1. The molecule has 2 N–H and O–H groups in total. The highest BCUT2D eigenvalue weighted by Gasteiger charge is 2.32. The summed E-state index contributed by atoms with van der Waals surface area (Å²) in [6, 6.07) is 7.72. The third kappa shape index (κ3) is 4.24. The van der Waals surface area contributed by atoms with Crippen molar-refractivity contribution in [2.75, 3.05) is 37.4 Å². The van der Waals surface area contributed by atoms with Gasteiger partial charge in [-0.3, -0.25) is 9.89 Å². The molecule has 1 saturated carbocycles. The first-order chi connectivity index (χ1) is 14.7. The maximum absolute atomic E-state index is 6.44. The molecular formula is C23H31ClN4OS. The molecular weight excluding hydrogens is 416 g/mol. The third-order valence-corrected chi connectivity index (χ3v) is 8.01. The summed E-state index contributed by atoms with van der Waals surface area (Å²) < 4.78 is 5.54. The van der Waals surface area contributed by atoms with Crippen molar-refractivity contribution < 1.29 is 4.74 Å². The molecule has 1 aromatic heterocycles. The van der Waals surface area contributed by atoms with E-state index in [2.05, 4.69) is 40.3 Å². The highest BCUT2D eigenvalue weighted by Crippen LogP contribution is 2.34. The zero-order valence-corrected chi connectivity index (χ0v) is 19.2. The van der Waals surface area contributed by atoms with Gasteiger partial charge in [0.25, 0.3) is 0 Å². The number of aromatic amines is 1. The Morgan fingerprint density at radius 3 is 2.83 bits per heavy atom. The van der Waals surface area contributed by atoms with Gasteiger partial charge in [0, 0.05) is 41.3 Å². The van der Waals surface area contributed by atoms with Gasteiger partial charge in [0.1, 0.15) is 5.04 Å². The van der Waals surface area contributed by atoms with Crippen molar-refractivity contribution in [3.05, 3.63) is 28.9 Å². The van der Waals surface area contributed by atoms with Crippen molar-refractivity contribution in [3.63, 3.8) is 0 Å². The van der Waals surface area contributed by atoms with Crippen molar-refractivity contribution in [2.45, 2.75) is 57.2 Å². The number of morpholine rings is 1. The van der Waals surface area contributed by atoms with Gasteiger partial charge in [-0.1, -0.05) is 31.4 Å². The van der Waals surface area contributed by atoms with E-state index in [-0.39, 0.29) is 0 Å². The van der Waals surface area contributed by atoms with Gasteiger partial charge in [-0.05, 0) is 37.5 Å². The first-order valence-corrected chi connectivity index (χ1v) is 12.7. The molecule has 2 atom stereocenters. The van der Waals surface area contributed by atoms with Crippen LogP contribution in [0.4, 0.5) is 5.69 Å². The van der Waals surface area contributed by atoms with Crippen LogP contribution in [0.15, 0.2) is 23.2 Å². The van der Waals surface area contributed by atoms with Gasteiger partial charge in [-0.2, -0.15) is 0 Å². The zero-order valence-electron chi connectivity index (χ0n) is 17.6. The summed E-state index contributed by atoms with van der Waals surface area (Å²) in [6.07, 6.45) is 6.24. The Balaban J connectivity index is 1.39. The Morgan fingerprint density at radius 1 is 1.27 bits per heavy atom. The molecule has 2 aromatic rings. The van der Waals surface area contributed by atoms with Gasteiger partial charge in [-0.15, -0.1) is 11.8 Å². The average Bonchev–Trinajstić information content (AvgIpc) is 3.50. The Morgan fingerprint density at radius 2 is 2.07 bits per heavy atom. The van der Waals surface area contributed by atoms with Crippen LogP contribution in [-0.2, 0) is 4.74 Å². The van der Waals surface area contributed by atoms with E-state index >= 15 is 0 Å². The molecule has 30 heavy (non-hydrogen) atoms. The van der Waals surface area contributed by atoms with Crippen LogP contribution in [0.2, 0.25) is 5.02 Å². The van der Waals surface area contributed by atoms with Crippen LogP contribution in [-0.4, -0.2) is 65.1 Å². The van der Waals surface area contributed by atoms with Crippen molar-refractivity contribution in [1.82, 2.24) is 9.88 Å². The second-order valence-electron chi connectivity index (χ2n) is 8.66. The van der Waals surface area contributed by atoms with Crippen LogP contribution >= 0.6 is 23.4 Å². The summed E-state index contributed by atoms with van der Waals surface area (Å²) in [7, 11) is 0. The minimum absolute atomic E-state index is 0.346. The molecule has 3 aliphatic rings. The molecule has 162 valence electrons. The van der Waals surface area contributed by atoms with E-state index in [0.717, 1.165) is 70.8 Å². The highest BCUT2D eigenvalue weighted by atomic mass is 35.5. The highest BCUT2D eigenvalue weighted by molar-refractivity contribution is 8.14. The van der Waals surface area contributed by atoms with Crippen LogP contribution < -0.4 is 5.32 Å². The van der Waals surface area contributed by atoms with E-state index in [4.69, 9.17) is 21.3 Å². The molecule has 3 heterocycles. The molecule has 2 unspecified atom stereocenters. The maximum Gasteiger partial charge on any atom is 0.114 e. The largest absolute Gasteiger partial charge is 0.381 e. The molecule has 0 amide bonds. The molecule has 1 aliphatic carbocycles. The molecule has 2 fully saturated rings. The van der Waals surface area contributed by atoms with Gasteiger partial charge >= 0.3 is 0 Å². The normalized spacial score (nSPS) is 24.5. The Bertz CT molecular complexity index is 917. The van der Waals surface area contributed by atoms with Gasteiger partial charge in [0.2, 0.25) is 0 Å². The number of thioether (sulfide) groups is 1. The van der Waals surface area contributed by atoms with Crippen LogP contribution in [0.25, 0.3) is 10.9 Å². The van der Waals surface area contributed by atoms with Crippen LogP contribution in [0, 0.1) is 0 Å². The number of anilines is 1. The Labute approximate surface area is 188 Å². The van der Waals surface area contributed by atoms with Crippen LogP contribution in [0.1, 0.15) is 44.7 Å². The van der Waals surface area contributed by atoms with Crippen LogP contribution in [0.3, 0.4) is 0 Å². The summed E-state index contributed by atoms with van der Waals surface area (Å²) >= 11 is 8.32. The number of nitrogens with one attached hydrogen (secondary N) is 2. The SMILES string of the molecule is CCC(C1CSC(c2cc3cc(Cl)cc(NC4CCCC4)c3[nH]2)=N1)N1CCOCC1. The number of ether oxygens (including phenoxy) is 1. The fraction of sp³-hybridized carbons (Fsp3) is 0.609. The smallest absolute Gasteiger partial charge is 0.114 e. The number of fused-ring (bicyclic) bond motifs is 1. The molecule has 0 bridgehead atoms. The lowest BCUT2D eigenvalue weighted by Gasteiger charge is -2.36. The van der Waals surface area contributed by atoms with E-state index in [1.54, 1.807) is 0 Å². The number of nitrogens with zero attached hydrogens (tertiary/aromatic N) is 2. The summed E-state index contributed by atoms with van der Waals surface area (Å²) in [4.78, 5) is 11.4. The van der Waals surface area contributed by atoms with E-state index in [0.29, 0.717) is 18.1 Å². The molecule has 1 saturated heterocycles. The summed E-state index contributed by atoms with van der Waals surface area (Å²) in [6.45, 7) is 6.00. The number of aromatic nitrogens is 1. The van der Waals surface area contributed by atoms with Crippen molar-refractivity contribution in [2.24, 2.45) is 4.99 Å². The summed E-state index contributed by atoms with van der Waals surface area (Å²) in [5.74, 6) is 1.05. The predicted octanol–water partition coefficient (Wildman–Crippen LogP) is 5.15. The fourth-order valence-electron chi connectivity index (χ4n) is 5.14. The lowest BCUT2D eigenvalue weighted by atomic mass is 10.1. The fourth-order valence-corrected chi connectivity index (χ4v) is 6.47. The lowest BCUT2D eigenvalue weighted by Crippen LogP contribution is -2.48. The summed E-state index contributed by atoms with van der Waals surface area (Å²) in [5, 5.41) is 6.80. The minimum atomic E-state index is 0.346. The number of aliphatic imine (C=N–C) groups is 1. The van der Waals surface area contributed by atoms with Crippen LogP contribution in [0.5, 0.6) is 0 Å². The molecule has 5 rings (SSSR count). The monoisotopic (exact) mass is 446 g/mol. The standard InChI is InChI=1S/C23H31ClN4OS/c1-2-21(28-7-9-29-10-8-28)20-14-30-23(27-20)19-12-15-11-16(24)13-18(22(15)26-19)25-17-5-3-4-6-17/h11-13,17,20-21,25-26H,2-10,14H2,1H3. The molecule has 7 heteroatoms. The Kier molecular flexibility index (Phi) is 6.28. The molecule has 0 spiro atoms. The molecule has 2 aliphatic heterocycles. The van der Waals surface area contributed by atoms with Gasteiger partial charge in [-0.25, -0.2) is 0 Å². The van der Waals surface area contributed by atoms with Crippen molar-refractivity contribution in [1.29, 1.82) is 0 Å². The van der Waals surface area contributed by atoms with Gasteiger partial charge < -0.3 is 15.0 Å². The number of rotatable bonds is 6. The topological polar surface area (TPSA) is 52.7 Å². The second kappa shape index (κ2) is 9.11. The molecule has 0 radical (unpaired) electrons. The maximum atomic E-state index is 6.44. The zero-order chi connectivity index (χ0) is 20.5. The number of hydrogen-bond acceptors (Lipinski definition) is 5. The van der Waals surface area contributed by atoms with E-state index < -0.39 is 0 Å².